The topological polar surface area (TPSA) is 12.0 Å². The Morgan fingerprint density at radius 1 is 1.16 bits per heavy atom. The lowest BCUT2D eigenvalue weighted by molar-refractivity contribution is 0.130. The minimum Gasteiger partial charge on any atom is -0.316 e. The zero-order valence-corrected chi connectivity index (χ0v) is 12.8. The van der Waals surface area contributed by atoms with Crippen molar-refractivity contribution in [1.29, 1.82) is 0 Å². The molecule has 0 amide bonds. The highest BCUT2D eigenvalue weighted by atomic mass is 14.9. The van der Waals surface area contributed by atoms with Gasteiger partial charge in [-0.1, -0.05) is 51.5 Å². The predicted octanol–water partition coefficient (Wildman–Crippen LogP) is 4.52. The molecule has 1 aliphatic rings. The molecular weight excluding hydrogens is 230 g/mol. The van der Waals surface area contributed by atoms with Crippen molar-refractivity contribution in [2.75, 3.05) is 13.1 Å². The third-order valence-corrected chi connectivity index (χ3v) is 4.57. The summed E-state index contributed by atoms with van der Waals surface area (Å²) in [5.74, 6) is 0.637. The van der Waals surface area contributed by atoms with Gasteiger partial charge in [0.25, 0.3) is 0 Å². The van der Waals surface area contributed by atoms with Crippen molar-refractivity contribution in [3.05, 3.63) is 35.4 Å². The third kappa shape index (κ3) is 3.82. The molecule has 0 saturated heterocycles. The van der Waals surface area contributed by atoms with Gasteiger partial charge in [0.2, 0.25) is 0 Å². The summed E-state index contributed by atoms with van der Waals surface area (Å²) in [6.07, 6.45) is 6.70. The van der Waals surface area contributed by atoms with E-state index in [0.717, 1.165) is 6.54 Å². The highest BCUT2D eigenvalue weighted by Crippen LogP contribution is 2.43. The zero-order chi connectivity index (χ0) is 13.7. The minimum absolute atomic E-state index is 0.550. The fourth-order valence-corrected chi connectivity index (χ4v) is 3.08. The van der Waals surface area contributed by atoms with Gasteiger partial charge in [-0.3, -0.25) is 0 Å². The fraction of sp³-hybridized carbons (Fsp3) is 0.667. The van der Waals surface area contributed by atoms with Crippen LogP contribution in [0.25, 0.3) is 0 Å². The van der Waals surface area contributed by atoms with Gasteiger partial charge in [-0.25, -0.2) is 0 Å². The maximum atomic E-state index is 3.63. The monoisotopic (exact) mass is 259 g/mol. The van der Waals surface area contributed by atoms with Crippen molar-refractivity contribution >= 4 is 0 Å². The second kappa shape index (κ2) is 6.56. The molecule has 19 heavy (non-hydrogen) atoms. The minimum atomic E-state index is 0.550. The Morgan fingerprint density at radius 3 is 2.32 bits per heavy atom. The quantitative estimate of drug-likeness (QED) is 0.710. The van der Waals surface area contributed by atoms with Crippen LogP contribution >= 0.6 is 0 Å². The fourth-order valence-electron chi connectivity index (χ4n) is 3.08. The zero-order valence-electron chi connectivity index (χ0n) is 12.8. The normalized spacial score (nSPS) is 17.5. The molecule has 1 nitrogen and oxygen atoms in total. The van der Waals surface area contributed by atoms with Crippen LogP contribution in [0.4, 0.5) is 0 Å². The summed E-state index contributed by atoms with van der Waals surface area (Å²) in [6.45, 7) is 9.13. The number of rotatable bonds is 7. The van der Waals surface area contributed by atoms with Crippen LogP contribution in [0.2, 0.25) is 0 Å². The molecule has 1 N–H and O–H groups in total. The van der Waals surface area contributed by atoms with Crippen LogP contribution in [-0.2, 0) is 6.42 Å². The molecule has 0 aromatic heterocycles. The largest absolute Gasteiger partial charge is 0.316 e. The number of hydrogen-bond donors (Lipinski definition) is 1. The lowest BCUT2D eigenvalue weighted by Crippen LogP contribution is -2.41. The van der Waals surface area contributed by atoms with Gasteiger partial charge in [-0.05, 0) is 54.7 Å². The van der Waals surface area contributed by atoms with E-state index in [2.05, 4.69) is 50.4 Å². The average Bonchev–Trinajstić information content (AvgIpc) is 2.36. The molecular formula is C18H29N. The van der Waals surface area contributed by atoms with Crippen molar-refractivity contribution in [1.82, 2.24) is 5.32 Å². The molecule has 1 saturated carbocycles. The van der Waals surface area contributed by atoms with Gasteiger partial charge in [0, 0.05) is 6.54 Å². The van der Waals surface area contributed by atoms with E-state index >= 15 is 0 Å². The highest BCUT2D eigenvalue weighted by Gasteiger charge is 2.36. The van der Waals surface area contributed by atoms with Crippen LogP contribution in [-0.4, -0.2) is 13.1 Å². The first-order valence-electron chi connectivity index (χ1n) is 7.95. The average molecular weight is 259 g/mol. The molecule has 2 rings (SSSR count). The Kier molecular flexibility index (Phi) is 5.04. The maximum Gasteiger partial charge on any atom is 0.00110 e. The molecule has 0 heterocycles. The van der Waals surface area contributed by atoms with E-state index in [1.807, 2.05) is 0 Å². The third-order valence-electron chi connectivity index (χ3n) is 4.57. The van der Waals surface area contributed by atoms with Crippen LogP contribution in [0.3, 0.4) is 0 Å². The van der Waals surface area contributed by atoms with Crippen LogP contribution in [0, 0.1) is 5.41 Å². The highest BCUT2D eigenvalue weighted by molar-refractivity contribution is 5.26. The van der Waals surface area contributed by atoms with E-state index in [1.165, 1.54) is 49.8 Å². The molecule has 0 aliphatic heterocycles. The van der Waals surface area contributed by atoms with E-state index in [-0.39, 0.29) is 0 Å². The molecule has 1 fully saturated rings. The van der Waals surface area contributed by atoms with E-state index in [0.29, 0.717) is 11.3 Å². The van der Waals surface area contributed by atoms with Gasteiger partial charge in [-0.15, -0.1) is 0 Å². The summed E-state index contributed by atoms with van der Waals surface area (Å²) in [7, 11) is 0. The van der Waals surface area contributed by atoms with Crippen LogP contribution < -0.4 is 5.32 Å². The second-order valence-electron chi connectivity index (χ2n) is 6.60. The predicted molar refractivity (Wildman–Crippen MR) is 83.7 cm³/mol. The lowest BCUT2D eigenvalue weighted by atomic mass is 9.65. The Labute approximate surface area is 118 Å². The Bertz CT molecular complexity index is 373. The molecule has 1 aromatic carbocycles. The SMILES string of the molecule is CCCNCC1(Cc2ccc(C(C)C)cc2)CCC1. The first-order chi connectivity index (χ1) is 9.15. The number of hydrogen-bond acceptors (Lipinski definition) is 1. The Morgan fingerprint density at radius 2 is 1.84 bits per heavy atom. The summed E-state index contributed by atoms with van der Waals surface area (Å²) in [4.78, 5) is 0. The molecule has 0 bridgehead atoms. The Hall–Kier alpha value is -0.820. The lowest BCUT2D eigenvalue weighted by Gasteiger charge is -2.42. The van der Waals surface area contributed by atoms with E-state index < -0.39 is 0 Å². The van der Waals surface area contributed by atoms with E-state index in [9.17, 15) is 0 Å². The van der Waals surface area contributed by atoms with Gasteiger partial charge >= 0.3 is 0 Å². The summed E-state index contributed by atoms with van der Waals surface area (Å²) in [6, 6.07) is 9.31. The van der Waals surface area contributed by atoms with Gasteiger partial charge in [-0.2, -0.15) is 0 Å². The Balaban J connectivity index is 1.94. The van der Waals surface area contributed by atoms with Gasteiger partial charge < -0.3 is 5.32 Å². The number of nitrogens with one attached hydrogen (secondary N) is 1. The van der Waals surface area contributed by atoms with Crippen molar-refractivity contribution in [3.63, 3.8) is 0 Å². The van der Waals surface area contributed by atoms with Crippen LogP contribution in [0.15, 0.2) is 24.3 Å². The van der Waals surface area contributed by atoms with Gasteiger partial charge in [0.05, 0.1) is 0 Å². The van der Waals surface area contributed by atoms with Crippen LogP contribution in [0.1, 0.15) is 63.5 Å². The number of benzene rings is 1. The molecule has 0 atom stereocenters. The second-order valence-corrected chi connectivity index (χ2v) is 6.60. The summed E-state index contributed by atoms with van der Waals surface area (Å²) in [5.41, 5.74) is 3.52. The van der Waals surface area contributed by atoms with Crippen molar-refractivity contribution in [2.45, 2.75) is 58.8 Å². The first-order valence-corrected chi connectivity index (χ1v) is 7.95. The molecule has 0 spiro atoms. The van der Waals surface area contributed by atoms with E-state index in [4.69, 9.17) is 0 Å². The molecule has 1 heteroatoms. The van der Waals surface area contributed by atoms with Crippen molar-refractivity contribution < 1.29 is 0 Å². The van der Waals surface area contributed by atoms with Gasteiger partial charge in [0.1, 0.15) is 0 Å². The maximum absolute atomic E-state index is 3.63. The molecule has 106 valence electrons. The molecule has 1 aliphatic carbocycles. The standard InChI is InChI=1S/C18H29N/c1-4-12-19-14-18(10-5-11-18)13-16-6-8-17(9-7-16)15(2)3/h6-9,15,19H,4-5,10-14H2,1-3H3. The van der Waals surface area contributed by atoms with Crippen LogP contribution in [0.5, 0.6) is 0 Å². The summed E-state index contributed by atoms with van der Waals surface area (Å²) < 4.78 is 0. The summed E-state index contributed by atoms with van der Waals surface area (Å²) in [5, 5.41) is 3.63. The molecule has 0 radical (unpaired) electrons. The first kappa shape index (κ1) is 14.6. The van der Waals surface area contributed by atoms with Crippen molar-refractivity contribution in [3.8, 4) is 0 Å². The van der Waals surface area contributed by atoms with Gasteiger partial charge in [0.15, 0.2) is 0 Å². The van der Waals surface area contributed by atoms with E-state index in [1.54, 1.807) is 0 Å². The smallest absolute Gasteiger partial charge is 0.00110 e. The van der Waals surface area contributed by atoms with Crippen molar-refractivity contribution in [2.24, 2.45) is 5.41 Å². The molecule has 1 aromatic rings. The molecule has 0 unspecified atom stereocenters. The summed E-state index contributed by atoms with van der Waals surface area (Å²) >= 11 is 0.